The summed E-state index contributed by atoms with van der Waals surface area (Å²) >= 11 is 1.32. The van der Waals surface area contributed by atoms with Gasteiger partial charge in [0.05, 0.1) is 0 Å². The van der Waals surface area contributed by atoms with Crippen LogP contribution in [0.2, 0.25) is 0 Å². The minimum atomic E-state index is -0.771. The first-order chi connectivity index (χ1) is 13.7. The largest absolute Gasteiger partial charge is 0.451 e. The number of nitrogens with zero attached hydrogens (tertiary/aromatic N) is 1. The molecule has 2 amide bonds. The number of benzene rings is 2. The smallest absolute Gasteiger partial charge is 0.287 e. The fraction of sp³-hybridized carbons (Fsp3) is 0.0952. The van der Waals surface area contributed by atoms with E-state index in [0.717, 1.165) is 10.9 Å². The summed E-state index contributed by atoms with van der Waals surface area (Å²) in [7, 11) is 0. The molecule has 0 unspecified atom stereocenters. The van der Waals surface area contributed by atoms with Crippen molar-refractivity contribution >= 4 is 39.3 Å². The van der Waals surface area contributed by atoms with E-state index in [2.05, 4.69) is 15.6 Å². The van der Waals surface area contributed by atoms with Crippen molar-refractivity contribution < 1.29 is 14.0 Å². The predicted octanol–water partition coefficient (Wildman–Crippen LogP) is 3.87. The molecule has 0 fully saturated rings. The number of para-hydroxylation sites is 1. The molecular weight excluding hydrogens is 374 g/mol. The number of anilines is 1. The standard InChI is InChI=1S/C21H17N3O3S/c25-19(24-21-22-10-11-28-21)16(12-14-6-2-1-3-7-14)23-20(26)18-13-15-8-4-5-9-17(15)27-18/h1-11,13,16H,12H2,(H,23,26)(H,22,24,25)/t16-/m1/s1. The highest BCUT2D eigenvalue weighted by Gasteiger charge is 2.24. The fourth-order valence-corrected chi connectivity index (χ4v) is 3.39. The predicted molar refractivity (Wildman–Crippen MR) is 108 cm³/mol. The van der Waals surface area contributed by atoms with Crippen molar-refractivity contribution in [3.63, 3.8) is 0 Å². The molecule has 7 heteroatoms. The van der Waals surface area contributed by atoms with Gasteiger partial charge in [0.25, 0.3) is 5.91 Å². The molecule has 28 heavy (non-hydrogen) atoms. The van der Waals surface area contributed by atoms with E-state index >= 15 is 0 Å². The van der Waals surface area contributed by atoms with E-state index in [0.29, 0.717) is 17.1 Å². The highest BCUT2D eigenvalue weighted by molar-refractivity contribution is 7.13. The molecule has 2 heterocycles. The van der Waals surface area contributed by atoms with Crippen LogP contribution in [0.4, 0.5) is 5.13 Å². The lowest BCUT2D eigenvalue weighted by molar-refractivity contribution is -0.118. The van der Waals surface area contributed by atoms with E-state index in [-0.39, 0.29) is 11.7 Å². The van der Waals surface area contributed by atoms with E-state index in [1.165, 1.54) is 11.3 Å². The molecule has 0 saturated carbocycles. The van der Waals surface area contributed by atoms with E-state index in [9.17, 15) is 9.59 Å². The Labute approximate surface area is 165 Å². The summed E-state index contributed by atoms with van der Waals surface area (Å²) in [6, 6.07) is 17.8. The molecule has 2 N–H and O–H groups in total. The fourth-order valence-electron chi connectivity index (χ4n) is 2.86. The van der Waals surface area contributed by atoms with E-state index < -0.39 is 11.9 Å². The van der Waals surface area contributed by atoms with Gasteiger partial charge in [0.1, 0.15) is 11.6 Å². The monoisotopic (exact) mass is 391 g/mol. The van der Waals surface area contributed by atoms with Gasteiger partial charge in [-0.2, -0.15) is 0 Å². The molecular formula is C21H17N3O3S. The zero-order valence-corrected chi connectivity index (χ0v) is 15.6. The van der Waals surface area contributed by atoms with Crippen LogP contribution in [0.5, 0.6) is 0 Å². The normalized spacial score (nSPS) is 11.9. The maximum atomic E-state index is 12.8. The Kier molecular flexibility index (Phi) is 5.16. The van der Waals surface area contributed by atoms with Crippen LogP contribution in [-0.4, -0.2) is 22.8 Å². The molecule has 0 bridgehead atoms. The summed E-state index contributed by atoms with van der Waals surface area (Å²) in [4.78, 5) is 29.6. The summed E-state index contributed by atoms with van der Waals surface area (Å²) in [5, 5.41) is 8.63. The van der Waals surface area contributed by atoms with Crippen molar-refractivity contribution in [2.45, 2.75) is 12.5 Å². The van der Waals surface area contributed by atoms with Crippen molar-refractivity contribution in [2.75, 3.05) is 5.32 Å². The molecule has 1 atom stereocenters. The quantitative estimate of drug-likeness (QED) is 0.523. The summed E-state index contributed by atoms with van der Waals surface area (Å²) in [6.45, 7) is 0. The lowest BCUT2D eigenvalue weighted by Gasteiger charge is -2.17. The Bertz CT molecular complexity index is 1060. The Morgan fingerprint density at radius 3 is 2.61 bits per heavy atom. The van der Waals surface area contributed by atoms with Crippen LogP contribution in [0.15, 0.2) is 76.7 Å². The maximum absolute atomic E-state index is 12.8. The average molecular weight is 391 g/mol. The Hall–Kier alpha value is -3.45. The van der Waals surface area contributed by atoms with Gasteiger partial charge in [-0.15, -0.1) is 11.3 Å². The number of hydrogen-bond donors (Lipinski definition) is 2. The molecule has 2 aromatic carbocycles. The summed E-state index contributed by atoms with van der Waals surface area (Å²) in [6.07, 6.45) is 1.96. The molecule has 140 valence electrons. The number of fused-ring (bicyclic) bond motifs is 1. The second-order valence-electron chi connectivity index (χ2n) is 6.19. The van der Waals surface area contributed by atoms with Gasteiger partial charge in [0, 0.05) is 23.4 Å². The molecule has 2 aromatic heterocycles. The minimum absolute atomic E-state index is 0.168. The molecule has 0 aliphatic rings. The Morgan fingerprint density at radius 1 is 1.07 bits per heavy atom. The molecule has 4 aromatic rings. The third-order valence-corrected chi connectivity index (χ3v) is 4.90. The number of amides is 2. The first-order valence-corrected chi connectivity index (χ1v) is 9.61. The Balaban J connectivity index is 1.54. The van der Waals surface area contributed by atoms with Crippen molar-refractivity contribution in [3.8, 4) is 0 Å². The third-order valence-electron chi connectivity index (χ3n) is 4.22. The number of aromatic nitrogens is 1. The van der Waals surface area contributed by atoms with Crippen LogP contribution >= 0.6 is 11.3 Å². The average Bonchev–Trinajstić information content (AvgIpc) is 3.37. The number of furan rings is 1. The number of thiazole rings is 1. The zero-order valence-electron chi connectivity index (χ0n) is 14.8. The lowest BCUT2D eigenvalue weighted by Crippen LogP contribution is -2.45. The molecule has 4 rings (SSSR count). The van der Waals surface area contributed by atoms with Crippen LogP contribution in [0.25, 0.3) is 11.0 Å². The maximum Gasteiger partial charge on any atom is 0.287 e. The van der Waals surface area contributed by atoms with E-state index in [1.54, 1.807) is 23.7 Å². The van der Waals surface area contributed by atoms with Crippen LogP contribution in [0, 0.1) is 0 Å². The first kappa shape index (κ1) is 17.9. The van der Waals surface area contributed by atoms with Gasteiger partial charge in [0.2, 0.25) is 5.91 Å². The second-order valence-corrected chi connectivity index (χ2v) is 7.09. The van der Waals surface area contributed by atoms with Gasteiger partial charge in [0.15, 0.2) is 10.9 Å². The third kappa shape index (κ3) is 4.10. The van der Waals surface area contributed by atoms with Crippen LogP contribution in [0.1, 0.15) is 16.1 Å². The van der Waals surface area contributed by atoms with Crippen LogP contribution < -0.4 is 10.6 Å². The number of carbonyl (C=O) groups is 2. The number of nitrogens with one attached hydrogen (secondary N) is 2. The van der Waals surface area contributed by atoms with Crippen LogP contribution in [0.3, 0.4) is 0 Å². The lowest BCUT2D eigenvalue weighted by atomic mass is 10.1. The highest BCUT2D eigenvalue weighted by Crippen LogP contribution is 2.19. The number of carbonyl (C=O) groups excluding carboxylic acids is 2. The van der Waals surface area contributed by atoms with E-state index in [4.69, 9.17) is 4.42 Å². The Morgan fingerprint density at radius 2 is 1.86 bits per heavy atom. The zero-order chi connectivity index (χ0) is 19.3. The van der Waals surface area contributed by atoms with Crippen molar-refractivity contribution in [2.24, 2.45) is 0 Å². The van der Waals surface area contributed by atoms with Crippen molar-refractivity contribution in [1.82, 2.24) is 10.3 Å². The molecule has 0 saturated heterocycles. The van der Waals surface area contributed by atoms with Gasteiger partial charge < -0.3 is 15.1 Å². The van der Waals surface area contributed by atoms with Gasteiger partial charge in [-0.1, -0.05) is 48.5 Å². The number of hydrogen-bond acceptors (Lipinski definition) is 5. The topological polar surface area (TPSA) is 84.2 Å². The number of rotatable bonds is 6. The molecule has 0 aliphatic carbocycles. The molecule has 0 radical (unpaired) electrons. The minimum Gasteiger partial charge on any atom is -0.451 e. The van der Waals surface area contributed by atoms with Crippen molar-refractivity contribution in [3.05, 3.63) is 83.6 Å². The van der Waals surface area contributed by atoms with Gasteiger partial charge in [-0.25, -0.2) is 4.98 Å². The molecule has 6 nitrogen and oxygen atoms in total. The van der Waals surface area contributed by atoms with E-state index in [1.807, 2.05) is 48.5 Å². The van der Waals surface area contributed by atoms with Crippen LogP contribution in [-0.2, 0) is 11.2 Å². The SMILES string of the molecule is O=C(N[C@H](Cc1ccccc1)C(=O)Nc1nccs1)c1cc2ccccc2o1. The van der Waals surface area contributed by atoms with Gasteiger partial charge in [-0.05, 0) is 17.7 Å². The summed E-state index contributed by atoms with van der Waals surface area (Å²) in [5.74, 6) is -0.601. The second kappa shape index (κ2) is 8.06. The van der Waals surface area contributed by atoms with Gasteiger partial charge >= 0.3 is 0 Å². The first-order valence-electron chi connectivity index (χ1n) is 8.73. The van der Waals surface area contributed by atoms with Gasteiger partial charge in [-0.3, -0.25) is 9.59 Å². The highest BCUT2D eigenvalue weighted by atomic mass is 32.1. The molecule has 0 spiro atoms. The van der Waals surface area contributed by atoms with Crippen molar-refractivity contribution in [1.29, 1.82) is 0 Å². The summed E-state index contributed by atoms with van der Waals surface area (Å²) in [5.41, 5.74) is 1.56. The summed E-state index contributed by atoms with van der Waals surface area (Å²) < 4.78 is 5.61. The molecule has 0 aliphatic heterocycles.